The average molecular weight is 471 g/mol. The Morgan fingerprint density at radius 1 is 1.09 bits per heavy atom. The lowest BCUT2D eigenvalue weighted by atomic mass is 9.91. The van der Waals surface area contributed by atoms with Gasteiger partial charge in [-0.25, -0.2) is 9.97 Å². The van der Waals surface area contributed by atoms with Gasteiger partial charge in [0, 0.05) is 23.4 Å². The van der Waals surface area contributed by atoms with Crippen LogP contribution in [-0.2, 0) is 17.6 Å². The van der Waals surface area contributed by atoms with Crippen LogP contribution >= 0.6 is 23.6 Å². The molecule has 2 amide bonds. The minimum absolute atomic E-state index is 0.0324. The molecule has 0 spiro atoms. The maximum absolute atomic E-state index is 13.1. The highest BCUT2D eigenvalue weighted by molar-refractivity contribution is 7.80. The predicted molar refractivity (Wildman–Crippen MR) is 128 cm³/mol. The van der Waals surface area contributed by atoms with Crippen LogP contribution in [0.4, 0.5) is 10.7 Å². The van der Waals surface area contributed by atoms with Crippen molar-refractivity contribution in [2.24, 2.45) is 11.8 Å². The Bertz CT molecular complexity index is 1030. The molecule has 0 radical (unpaired) electrons. The maximum Gasteiger partial charge on any atom is 0.254 e. The van der Waals surface area contributed by atoms with E-state index in [1.165, 1.54) is 24.0 Å². The first-order chi connectivity index (χ1) is 15.6. The van der Waals surface area contributed by atoms with Crippen molar-refractivity contribution < 1.29 is 9.59 Å². The Labute approximate surface area is 196 Å². The SMILES string of the molecule is O=C(NCC1CC1)c1c(NC(=O)C2CC2)sc2c1C[C@@H](NC(=S)Nc1cncnc1)CC2. The summed E-state index contributed by atoms with van der Waals surface area (Å²) in [7, 11) is 0. The van der Waals surface area contributed by atoms with Crippen LogP contribution in [0.1, 0.15) is 52.9 Å². The summed E-state index contributed by atoms with van der Waals surface area (Å²) in [5.74, 6) is 0.641. The van der Waals surface area contributed by atoms with Gasteiger partial charge in [0.05, 0.1) is 23.6 Å². The minimum atomic E-state index is -0.0803. The number of carbonyl (C=O) groups is 2. The van der Waals surface area contributed by atoms with Crippen LogP contribution in [0.2, 0.25) is 0 Å². The number of fused-ring (bicyclic) bond motifs is 1. The zero-order valence-corrected chi connectivity index (χ0v) is 19.3. The molecule has 2 saturated carbocycles. The summed E-state index contributed by atoms with van der Waals surface area (Å²) in [6.07, 6.45) is 11.4. The van der Waals surface area contributed by atoms with Crippen LogP contribution < -0.4 is 21.3 Å². The van der Waals surface area contributed by atoms with E-state index in [1.54, 1.807) is 23.7 Å². The predicted octanol–water partition coefficient (Wildman–Crippen LogP) is 2.87. The molecular formula is C22H26N6O2S2. The summed E-state index contributed by atoms with van der Waals surface area (Å²) >= 11 is 7.02. The fourth-order valence-corrected chi connectivity index (χ4v) is 5.49. The molecule has 168 valence electrons. The number of aryl methyl sites for hydroxylation is 1. The van der Waals surface area contributed by atoms with Gasteiger partial charge in [0.2, 0.25) is 5.91 Å². The number of amides is 2. The molecular weight excluding hydrogens is 444 g/mol. The van der Waals surface area contributed by atoms with Crippen LogP contribution in [0.25, 0.3) is 0 Å². The van der Waals surface area contributed by atoms with E-state index in [1.807, 2.05) is 0 Å². The Balaban J connectivity index is 1.31. The van der Waals surface area contributed by atoms with Gasteiger partial charge in [0.25, 0.3) is 5.91 Å². The molecule has 2 heterocycles. The van der Waals surface area contributed by atoms with Gasteiger partial charge in [-0.05, 0) is 68.6 Å². The molecule has 0 aromatic carbocycles. The van der Waals surface area contributed by atoms with Gasteiger partial charge in [0.1, 0.15) is 11.3 Å². The third-order valence-electron chi connectivity index (χ3n) is 6.07. The Morgan fingerprint density at radius 2 is 1.88 bits per heavy atom. The average Bonchev–Trinajstić information content (AvgIpc) is 3.69. The fraction of sp³-hybridized carbons (Fsp3) is 0.500. The summed E-state index contributed by atoms with van der Waals surface area (Å²) in [5.41, 5.74) is 2.40. The highest BCUT2D eigenvalue weighted by atomic mass is 32.1. The Kier molecular flexibility index (Phi) is 6.05. The quantitative estimate of drug-likeness (QED) is 0.461. The highest BCUT2D eigenvalue weighted by Gasteiger charge is 2.34. The maximum atomic E-state index is 13.1. The third-order valence-corrected chi connectivity index (χ3v) is 7.50. The van der Waals surface area contributed by atoms with E-state index >= 15 is 0 Å². The lowest BCUT2D eigenvalue weighted by Gasteiger charge is -2.25. The lowest BCUT2D eigenvalue weighted by Crippen LogP contribution is -2.41. The van der Waals surface area contributed by atoms with Gasteiger partial charge in [0.15, 0.2) is 5.11 Å². The smallest absolute Gasteiger partial charge is 0.254 e. The van der Waals surface area contributed by atoms with E-state index in [9.17, 15) is 9.59 Å². The molecule has 3 aliphatic rings. The Hall–Kier alpha value is -2.59. The summed E-state index contributed by atoms with van der Waals surface area (Å²) in [6, 6.07) is 0.101. The second-order valence-electron chi connectivity index (χ2n) is 8.79. The first-order valence-electron chi connectivity index (χ1n) is 11.1. The largest absolute Gasteiger partial charge is 0.359 e. The van der Waals surface area contributed by atoms with Gasteiger partial charge in [-0.2, -0.15) is 0 Å². The summed E-state index contributed by atoms with van der Waals surface area (Å²) in [6.45, 7) is 0.703. The zero-order chi connectivity index (χ0) is 22.1. The number of rotatable bonds is 7. The lowest BCUT2D eigenvalue weighted by molar-refractivity contribution is -0.117. The molecule has 4 N–H and O–H groups in total. The van der Waals surface area contributed by atoms with Crippen molar-refractivity contribution in [3.05, 3.63) is 34.7 Å². The topological polar surface area (TPSA) is 108 Å². The number of aromatic nitrogens is 2. The molecule has 0 bridgehead atoms. The molecule has 1 atom stereocenters. The molecule has 0 aliphatic heterocycles. The van der Waals surface area contributed by atoms with Gasteiger partial charge in [-0.15, -0.1) is 11.3 Å². The number of carbonyl (C=O) groups excluding carboxylic acids is 2. The molecule has 2 fully saturated rings. The molecule has 2 aromatic heterocycles. The highest BCUT2D eigenvalue weighted by Crippen LogP contribution is 2.40. The second-order valence-corrected chi connectivity index (χ2v) is 10.3. The molecule has 10 heteroatoms. The number of hydrogen-bond acceptors (Lipinski definition) is 6. The van der Waals surface area contributed by atoms with Crippen molar-refractivity contribution in [2.45, 2.75) is 51.0 Å². The van der Waals surface area contributed by atoms with Gasteiger partial charge < -0.3 is 21.3 Å². The first-order valence-corrected chi connectivity index (χ1v) is 12.4. The number of nitrogens with one attached hydrogen (secondary N) is 4. The Morgan fingerprint density at radius 3 is 2.59 bits per heavy atom. The number of hydrogen-bond donors (Lipinski definition) is 4. The molecule has 32 heavy (non-hydrogen) atoms. The van der Waals surface area contributed by atoms with Gasteiger partial charge in [-0.3, -0.25) is 9.59 Å². The van der Waals surface area contributed by atoms with E-state index < -0.39 is 0 Å². The fourth-order valence-electron chi connectivity index (χ4n) is 3.96. The van der Waals surface area contributed by atoms with Crippen LogP contribution in [0.5, 0.6) is 0 Å². The van der Waals surface area contributed by atoms with Crippen molar-refractivity contribution in [2.75, 3.05) is 17.2 Å². The first kappa shape index (κ1) is 21.3. The summed E-state index contributed by atoms with van der Waals surface area (Å²) in [5, 5.41) is 13.8. The molecule has 2 aromatic rings. The molecule has 8 nitrogen and oxygen atoms in total. The number of thiocarbonyl (C=S) groups is 1. The monoisotopic (exact) mass is 470 g/mol. The normalized spacial score (nSPS) is 19.6. The van der Waals surface area contributed by atoms with E-state index in [0.29, 0.717) is 34.6 Å². The number of anilines is 2. The van der Waals surface area contributed by atoms with E-state index in [2.05, 4.69) is 31.2 Å². The van der Waals surface area contributed by atoms with Crippen molar-refractivity contribution in [3.8, 4) is 0 Å². The number of thiophene rings is 1. The van der Waals surface area contributed by atoms with Gasteiger partial charge in [-0.1, -0.05) is 0 Å². The van der Waals surface area contributed by atoms with Crippen LogP contribution in [0.15, 0.2) is 18.7 Å². The molecule has 5 rings (SSSR count). The van der Waals surface area contributed by atoms with E-state index in [4.69, 9.17) is 12.2 Å². The summed E-state index contributed by atoms with van der Waals surface area (Å²) in [4.78, 5) is 34.7. The molecule has 0 saturated heterocycles. The van der Waals surface area contributed by atoms with Crippen molar-refractivity contribution in [3.63, 3.8) is 0 Å². The second kappa shape index (κ2) is 9.11. The van der Waals surface area contributed by atoms with Crippen molar-refractivity contribution in [1.29, 1.82) is 0 Å². The minimum Gasteiger partial charge on any atom is -0.359 e. The summed E-state index contributed by atoms with van der Waals surface area (Å²) < 4.78 is 0. The van der Waals surface area contributed by atoms with E-state index in [-0.39, 0.29) is 23.8 Å². The third kappa shape index (κ3) is 5.07. The number of nitrogens with zero attached hydrogens (tertiary/aromatic N) is 2. The van der Waals surface area contributed by atoms with Crippen LogP contribution in [0, 0.1) is 11.8 Å². The van der Waals surface area contributed by atoms with Crippen molar-refractivity contribution >= 4 is 51.2 Å². The van der Waals surface area contributed by atoms with Crippen molar-refractivity contribution in [1.82, 2.24) is 20.6 Å². The molecule has 0 unspecified atom stereocenters. The zero-order valence-electron chi connectivity index (χ0n) is 17.6. The molecule has 3 aliphatic carbocycles. The van der Waals surface area contributed by atoms with E-state index in [0.717, 1.165) is 36.9 Å². The van der Waals surface area contributed by atoms with Crippen LogP contribution in [-0.4, -0.2) is 39.5 Å². The standard InChI is InChI=1S/C22H26N6O2S2/c29-19(13-3-4-13)28-21-18(20(30)25-8-12-1-2-12)16-7-14(5-6-17(16)32-21)26-22(31)27-15-9-23-11-24-10-15/h9-14H,1-8H2,(H,25,30)(H,28,29)(H2,26,27,31)/t14-/m0/s1. The van der Waals surface area contributed by atoms with Gasteiger partial charge >= 0.3 is 0 Å². The van der Waals surface area contributed by atoms with Crippen LogP contribution in [0.3, 0.4) is 0 Å².